The van der Waals surface area contributed by atoms with Crippen LogP contribution in [0.25, 0.3) is 10.9 Å². The molecule has 0 bridgehead atoms. The van der Waals surface area contributed by atoms with Crippen molar-refractivity contribution in [1.29, 1.82) is 0 Å². The van der Waals surface area contributed by atoms with E-state index in [1.54, 1.807) is 37.3 Å². The van der Waals surface area contributed by atoms with Crippen LogP contribution in [0, 0.1) is 12.7 Å². The van der Waals surface area contributed by atoms with Gasteiger partial charge in [0.1, 0.15) is 11.6 Å². The Morgan fingerprint density at radius 3 is 2.69 bits per heavy atom. The number of benzene rings is 2. The van der Waals surface area contributed by atoms with Crippen molar-refractivity contribution in [1.82, 2.24) is 4.98 Å². The maximum atomic E-state index is 13.9. The summed E-state index contributed by atoms with van der Waals surface area (Å²) in [5, 5.41) is 3.91. The minimum Gasteiger partial charge on any atom is -0.494 e. The third-order valence-electron chi connectivity index (χ3n) is 3.94. The molecule has 5 nitrogen and oxygen atoms in total. The Bertz CT molecular complexity index is 973. The number of esters is 1. The summed E-state index contributed by atoms with van der Waals surface area (Å²) in [4.78, 5) is 16.3. The van der Waals surface area contributed by atoms with Gasteiger partial charge in [0.05, 0.1) is 24.9 Å². The van der Waals surface area contributed by atoms with Crippen LogP contribution >= 0.6 is 0 Å². The van der Waals surface area contributed by atoms with E-state index in [9.17, 15) is 9.18 Å². The normalized spacial score (nSPS) is 10.6. The summed E-state index contributed by atoms with van der Waals surface area (Å²) in [6, 6.07) is 11.8. The zero-order chi connectivity index (χ0) is 18.7. The first kappa shape index (κ1) is 17.7. The fourth-order valence-corrected chi connectivity index (χ4v) is 2.60. The van der Waals surface area contributed by atoms with Crippen LogP contribution in [0.1, 0.15) is 23.0 Å². The second-order valence-electron chi connectivity index (χ2n) is 5.75. The molecule has 3 aromatic rings. The second-order valence-corrected chi connectivity index (χ2v) is 5.75. The molecule has 134 valence electrons. The average molecular weight is 354 g/mol. The van der Waals surface area contributed by atoms with E-state index in [2.05, 4.69) is 10.3 Å². The van der Waals surface area contributed by atoms with E-state index in [1.165, 1.54) is 13.2 Å². The Labute approximate surface area is 150 Å². The van der Waals surface area contributed by atoms with Crippen molar-refractivity contribution < 1.29 is 18.7 Å². The zero-order valence-electron chi connectivity index (χ0n) is 14.8. The number of carbonyl (C=O) groups is 1. The Morgan fingerprint density at radius 2 is 2.00 bits per heavy atom. The standard InChI is InChI=1S/C20H19FN2O3/c1-4-26-14-7-8-17-15(10-14)18(11-19(23-17)20(24)25-3)22-13-6-5-12(2)16(21)9-13/h5-11H,4H2,1-3H3,(H,22,23). The quantitative estimate of drug-likeness (QED) is 0.678. The maximum absolute atomic E-state index is 13.9. The van der Waals surface area contributed by atoms with E-state index in [0.29, 0.717) is 34.8 Å². The number of pyridine rings is 1. The topological polar surface area (TPSA) is 60.5 Å². The molecule has 0 aliphatic heterocycles. The van der Waals surface area contributed by atoms with Gasteiger partial charge in [0.2, 0.25) is 0 Å². The van der Waals surface area contributed by atoms with Gasteiger partial charge < -0.3 is 14.8 Å². The summed E-state index contributed by atoms with van der Waals surface area (Å²) in [5.74, 6) is -0.166. The summed E-state index contributed by atoms with van der Waals surface area (Å²) in [6.07, 6.45) is 0. The minimum atomic E-state index is -0.543. The fraction of sp³-hybridized carbons (Fsp3) is 0.200. The molecule has 0 radical (unpaired) electrons. The lowest BCUT2D eigenvalue weighted by Gasteiger charge is -2.13. The van der Waals surface area contributed by atoms with Gasteiger partial charge in [0, 0.05) is 11.1 Å². The molecule has 1 N–H and O–H groups in total. The van der Waals surface area contributed by atoms with Crippen molar-refractivity contribution in [2.75, 3.05) is 19.0 Å². The van der Waals surface area contributed by atoms with Gasteiger partial charge in [-0.15, -0.1) is 0 Å². The smallest absolute Gasteiger partial charge is 0.356 e. The zero-order valence-corrected chi connectivity index (χ0v) is 14.8. The highest BCUT2D eigenvalue weighted by molar-refractivity contribution is 5.99. The Hall–Kier alpha value is -3.15. The monoisotopic (exact) mass is 354 g/mol. The average Bonchev–Trinajstić information content (AvgIpc) is 2.64. The SMILES string of the molecule is CCOc1ccc2nc(C(=O)OC)cc(Nc3ccc(C)c(F)c3)c2c1. The second kappa shape index (κ2) is 7.39. The summed E-state index contributed by atoms with van der Waals surface area (Å²) < 4.78 is 24.2. The van der Waals surface area contributed by atoms with Crippen LogP contribution in [0.15, 0.2) is 42.5 Å². The Morgan fingerprint density at radius 1 is 1.19 bits per heavy atom. The fourth-order valence-electron chi connectivity index (χ4n) is 2.60. The van der Waals surface area contributed by atoms with Crippen LogP contribution < -0.4 is 10.1 Å². The highest BCUT2D eigenvalue weighted by Gasteiger charge is 2.14. The molecule has 0 saturated heterocycles. The number of aromatic nitrogens is 1. The number of fused-ring (bicyclic) bond motifs is 1. The number of aryl methyl sites for hydroxylation is 1. The van der Waals surface area contributed by atoms with Crippen molar-refractivity contribution in [3.8, 4) is 5.75 Å². The van der Waals surface area contributed by atoms with E-state index in [1.807, 2.05) is 13.0 Å². The lowest BCUT2D eigenvalue weighted by atomic mass is 10.1. The number of carbonyl (C=O) groups excluding carboxylic acids is 1. The van der Waals surface area contributed by atoms with E-state index in [0.717, 1.165) is 5.39 Å². The van der Waals surface area contributed by atoms with Gasteiger partial charge in [-0.2, -0.15) is 0 Å². The molecule has 0 saturated carbocycles. The molecule has 0 spiro atoms. The lowest BCUT2D eigenvalue weighted by Crippen LogP contribution is -2.06. The van der Waals surface area contributed by atoms with Crippen molar-refractivity contribution in [3.63, 3.8) is 0 Å². The van der Waals surface area contributed by atoms with Crippen LogP contribution in [-0.4, -0.2) is 24.7 Å². The van der Waals surface area contributed by atoms with Crippen LogP contribution in [0.4, 0.5) is 15.8 Å². The summed E-state index contributed by atoms with van der Waals surface area (Å²) in [7, 11) is 1.30. The third kappa shape index (κ3) is 3.59. The largest absolute Gasteiger partial charge is 0.494 e. The molecule has 1 heterocycles. The minimum absolute atomic E-state index is 0.166. The first-order chi connectivity index (χ1) is 12.5. The number of hydrogen-bond acceptors (Lipinski definition) is 5. The Balaban J connectivity index is 2.13. The summed E-state index contributed by atoms with van der Waals surface area (Å²) in [5.41, 5.74) is 2.51. The molecular formula is C20H19FN2O3. The van der Waals surface area contributed by atoms with Crippen molar-refractivity contribution in [2.45, 2.75) is 13.8 Å². The number of halogens is 1. The molecule has 0 amide bonds. The van der Waals surface area contributed by atoms with Gasteiger partial charge in [0.15, 0.2) is 5.69 Å². The Kier molecular flexibility index (Phi) is 5.02. The van der Waals surface area contributed by atoms with Crippen LogP contribution in [0.5, 0.6) is 5.75 Å². The first-order valence-corrected chi connectivity index (χ1v) is 8.21. The molecule has 2 aromatic carbocycles. The molecule has 26 heavy (non-hydrogen) atoms. The lowest BCUT2D eigenvalue weighted by molar-refractivity contribution is 0.0594. The highest BCUT2D eigenvalue weighted by Crippen LogP contribution is 2.30. The van der Waals surface area contributed by atoms with E-state index in [-0.39, 0.29) is 11.5 Å². The molecule has 0 aliphatic carbocycles. The molecule has 0 unspecified atom stereocenters. The molecule has 6 heteroatoms. The number of methoxy groups -OCH3 is 1. The van der Waals surface area contributed by atoms with Gasteiger partial charge in [-0.1, -0.05) is 6.07 Å². The number of hydrogen-bond donors (Lipinski definition) is 1. The number of ether oxygens (including phenoxy) is 2. The highest BCUT2D eigenvalue weighted by atomic mass is 19.1. The van der Waals surface area contributed by atoms with Crippen molar-refractivity contribution in [3.05, 3.63) is 59.5 Å². The van der Waals surface area contributed by atoms with Gasteiger partial charge in [0.25, 0.3) is 0 Å². The van der Waals surface area contributed by atoms with E-state index in [4.69, 9.17) is 9.47 Å². The molecule has 0 aliphatic rings. The summed E-state index contributed by atoms with van der Waals surface area (Å²) >= 11 is 0. The van der Waals surface area contributed by atoms with E-state index >= 15 is 0 Å². The van der Waals surface area contributed by atoms with E-state index < -0.39 is 5.97 Å². The number of anilines is 2. The number of nitrogens with zero attached hydrogens (tertiary/aromatic N) is 1. The van der Waals surface area contributed by atoms with Gasteiger partial charge in [-0.3, -0.25) is 0 Å². The number of rotatable bonds is 5. The maximum Gasteiger partial charge on any atom is 0.356 e. The van der Waals surface area contributed by atoms with Gasteiger partial charge >= 0.3 is 5.97 Å². The van der Waals surface area contributed by atoms with Crippen LogP contribution in [-0.2, 0) is 4.74 Å². The molecule has 0 fully saturated rings. The van der Waals surface area contributed by atoms with Gasteiger partial charge in [-0.25, -0.2) is 14.2 Å². The predicted molar refractivity (Wildman–Crippen MR) is 98.7 cm³/mol. The van der Waals surface area contributed by atoms with Crippen LogP contribution in [0.3, 0.4) is 0 Å². The molecule has 3 rings (SSSR count). The molecule has 0 atom stereocenters. The van der Waals surface area contributed by atoms with Crippen molar-refractivity contribution >= 4 is 28.2 Å². The summed E-state index contributed by atoms with van der Waals surface area (Å²) in [6.45, 7) is 4.13. The van der Waals surface area contributed by atoms with Crippen LogP contribution in [0.2, 0.25) is 0 Å². The van der Waals surface area contributed by atoms with Gasteiger partial charge in [-0.05, 0) is 55.8 Å². The van der Waals surface area contributed by atoms with Crippen molar-refractivity contribution in [2.24, 2.45) is 0 Å². The third-order valence-corrected chi connectivity index (χ3v) is 3.94. The predicted octanol–water partition coefficient (Wildman–Crippen LogP) is 4.61. The molecular weight excluding hydrogens is 335 g/mol. The first-order valence-electron chi connectivity index (χ1n) is 8.21. The molecule has 1 aromatic heterocycles. The number of nitrogens with one attached hydrogen (secondary N) is 1.